The lowest BCUT2D eigenvalue weighted by Crippen LogP contribution is -2.45. The zero-order chi connectivity index (χ0) is 15.9. The molecule has 0 heterocycles. The van der Waals surface area contributed by atoms with Crippen LogP contribution in [0.15, 0.2) is 40.8 Å². The maximum atomic E-state index is 12.5. The highest BCUT2D eigenvalue weighted by Gasteiger charge is 2.25. The zero-order valence-corrected chi connectivity index (χ0v) is 14.2. The molecule has 0 spiro atoms. The minimum absolute atomic E-state index is 0.0775. The minimum atomic E-state index is -0.414. The maximum Gasteiger partial charge on any atom is 0.252 e. The molecule has 1 fully saturated rings. The first-order valence-electron chi connectivity index (χ1n) is 7.92. The molecule has 1 aliphatic carbocycles. The second-order valence-corrected chi connectivity index (χ2v) is 7.08. The first-order valence-corrected chi connectivity index (χ1v) is 8.90. The van der Waals surface area contributed by atoms with E-state index in [4.69, 9.17) is 0 Å². The molecule has 1 aromatic carbocycles. The number of carbonyl (C=O) groups is 1. The molecule has 1 amide bonds. The van der Waals surface area contributed by atoms with Gasteiger partial charge in [0.1, 0.15) is 0 Å². The molecule has 0 radical (unpaired) electrons. The summed E-state index contributed by atoms with van der Waals surface area (Å²) in [5.74, 6) is 0.782. The Morgan fingerprint density at radius 2 is 2.05 bits per heavy atom. The van der Waals surface area contributed by atoms with Crippen LogP contribution in [0.4, 0.5) is 0 Å². The fourth-order valence-electron chi connectivity index (χ4n) is 2.60. The SMILES string of the molecule is CC(C)=CCSc1ccccc1C(=O)NC1CCCCC1O. The Balaban J connectivity index is 2.04. The molecule has 3 nitrogen and oxygen atoms in total. The number of hydrogen-bond donors (Lipinski definition) is 2. The molecule has 1 aromatic rings. The molecule has 2 atom stereocenters. The van der Waals surface area contributed by atoms with E-state index in [9.17, 15) is 9.90 Å². The van der Waals surface area contributed by atoms with Crippen molar-refractivity contribution in [2.45, 2.75) is 56.6 Å². The van der Waals surface area contributed by atoms with Crippen LogP contribution in [0, 0.1) is 0 Å². The van der Waals surface area contributed by atoms with Crippen molar-refractivity contribution in [3.8, 4) is 0 Å². The lowest BCUT2D eigenvalue weighted by atomic mass is 9.92. The monoisotopic (exact) mass is 319 g/mol. The smallest absolute Gasteiger partial charge is 0.252 e. The molecule has 0 aliphatic heterocycles. The highest BCUT2D eigenvalue weighted by molar-refractivity contribution is 7.99. The van der Waals surface area contributed by atoms with Crippen molar-refractivity contribution in [3.05, 3.63) is 41.5 Å². The van der Waals surface area contributed by atoms with Gasteiger partial charge in [-0.25, -0.2) is 0 Å². The second kappa shape index (κ2) is 8.39. The number of carbonyl (C=O) groups excluding carboxylic acids is 1. The number of amides is 1. The van der Waals surface area contributed by atoms with Crippen LogP contribution in [0.3, 0.4) is 0 Å². The van der Waals surface area contributed by atoms with Crippen molar-refractivity contribution in [2.75, 3.05) is 5.75 Å². The molecular formula is C18H25NO2S. The van der Waals surface area contributed by atoms with E-state index in [0.717, 1.165) is 36.3 Å². The van der Waals surface area contributed by atoms with Crippen LogP contribution in [0.25, 0.3) is 0 Å². The van der Waals surface area contributed by atoms with Gasteiger partial charge in [0.15, 0.2) is 0 Å². The summed E-state index contributed by atoms with van der Waals surface area (Å²) in [5.41, 5.74) is 1.98. The lowest BCUT2D eigenvalue weighted by Gasteiger charge is -2.28. The van der Waals surface area contributed by atoms with E-state index in [0.29, 0.717) is 5.56 Å². The molecule has 2 rings (SSSR count). The first-order chi connectivity index (χ1) is 10.6. The van der Waals surface area contributed by atoms with Gasteiger partial charge in [0.2, 0.25) is 0 Å². The van der Waals surface area contributed by atoms with Gasteiger partial charge < -0.3 is 10.4 Å². The Hall–Kier alpha value is -1.26. The van der Waals surface area contributed by atoms with Gasteiger partial charge in [-0.05, 0) is 38.8 Å². The quantitative estimate of drug-likeness (QED) is 0.641. The molecule has 1 saturated carbocycles. The van der Waals surface area contributed by atoms with Crippen LogP contribution in [0.2, 0.25) is 0 Å². The highest BCUT2D eigenvalue weighted by atomic mass is 32.2. The van der Waals surface area contributed by atoms with E-state index < -0.39 is 6.10 Å². The van der Waals surface area contributed by atoms with Gasteiger partial charge in [0.25, 0.3) is 5.91 Å². The predicted octanol–water partition coefficient (Wildman–Crippen LogP) is 3.78. The normalized spacial score (nSPS) is 21.2. The van der Waals surface area contributed by atoms with Crippen molar-refractivity contribution >= 4 is 17.7 Å². The van der Waals surface area contributed by atoms with Gasteiger partial charge in [-0.3, -0.25) is 4.79 Å². The number of benzene rings is 1. The number of hydrogen-bond acceptors (Lipinski definition) is 3. The summed E-state index contributed by atoms with van der Waals surface area (Å²) < 4.78 is 0. The molecule has 0 aromatic heterocycles. The Morgan fingerprint density at radius 3 is 2.77 bits per heavy atom. The zero-order valence-electron chi connectivity index (χ0n) is 13.3. The highest BCUT2D eigenvalue weighted by Crippen LogP contribution is 2.24. The fraction of sp³-hybridized carbons (Fsp3) is 0.500. The third-order valence-electron chi connectivity index (χ3n) is 3.91. The summed E-state index contributed by atoms with van der Waals surface area (Å²) in [6, 6.07) is 7.57. The molecule has 0 bridgehead atoms. The Morgan fingerprint density at radius 1 is 1.32 bits per heavy atom. The van der Waals surface area contributed by atoms with Crippen LogP contribution in [-0.2, 0) is 0 Å². The van der Waals surface area contributed by atoms with Crippen molar-refractivity contribution in [2.24, 2.45) is 0 Å². The fourth-order valence-corrected chi connectivity index (χ4v) is 3.69. The average molecular weight is 319 g/mol. The van der Waals surface area contributed by atoms with Crippen molar-refractivity contribution in [3.63, 3.8) is 0 Å². The minimum Gasteiger partial charge on any atom is -0.391 e. The van der Waals surface area contributed by atoms with Crippen molar-refractivity contribution in [1.29, 1.82) is 0 Å². The van der Waals surface area contributed by atoms with E-state index in [2.05, 4.69) is 25.2 Å². The Bertz CT molecular complexity index is 538. The molecule has 2 N–H and O–H groups in total. The second-order valence-electron chi connectivity index (χ2n) is 6.02. The summed E-state index contributed by atoms with van der Waals surface area (Å²) in [6.45, 7) is 4.15. The molecule has 22 heavy (non-hydrogen) atoms. The molecule has 120 valence electrons. The number of aliphatic hydroxyl groups is 1. The third kappa shape index (κ3) is 4.89. The van der Waals surface area contributed by atoms with Gasteiger partial charge in [-0.15, -0.1) is 11.8 Å². The van der Waals surface area contributed by atoms with E-state index in [1.165, 1.54) is 5.57 Å². The number of allylic oxidation sites excluding steroid dienone is 1. The van der Waals surface area contributed by atoms with Crippen LogP contribution < -0.4 is 5.32 Å². The summed E-state index contributed by atoms with van der Waals surface area (Å²) in [4.78, 5) is 13.5. The predicted molar refractivity (Wildman–Crippen MR) is 92.3 cm³/mol. The standard InChI is InChI=1S/C18H25NO2S/c1-13(2)11-12-22-17-10-6-3-7-14(17)18(21)19-15-8-4-5-9-16(15)20/h3,6-7,10-11,15-16,20H,4-5,8-9,12H2,1-2H3,(H,19,21). The summed E-state index contributed by atoms with van der Waals surface area (Å²) in [7, 11) is 0. The van der Waals surface area contributed by atoms with Gasteiger partial charge in [-0.1, -0.05) is 36.6 Å². The number of nitrogens with one attached hydrogen (secondary N) is 1. The molecular weight excluding hydrogens is 294 g/mol. The molecule has 1 aliphatic rings. The van der Waals surface area contributed by atoms with Crippen LogP contribution in [-0.4, -0.2) is 28.9 Å². The number of aliphatic hydroxyl groups excluding tert-OH is 1. The number of rotatable bonds is 5. The molecule has 0 saturated heterocycles. The average Bonchev–Trinajstić information content (AvgIpc) is 2.49. The van der Waals surface area contributed by atoms with E-state index in [-0.39, 0.29) is 11.9 Å². The van der Waals surface area contributed by atoms with Crippen molar-refractivity contribution < 1.29 is 9.90 Å². The lowest BCUT2D eigenvalue weighted by molar-refractivity contribution is 0.0715. The van der Waals surface area contributed by atoms with Crippen LogP contribution in [0.1, 0.15) is 49.9 Å². The van der Waals surface area contributed by atoms with Crippen LogP contribution in [0.5, 0.6) is 0 Å². The summed E-state index contributed by atoms with van der Waals surface area (Å²) in [6.07, 6.45) is 5.50. The van der Waals surface area contributed by atoms with Crippen molar-refractivity contribution in [1.82, 2.24) is 5.32 Å². The van der Waals surface area contributed by atoms with Crippen LogP contribution >= 0.6 is 11.8 Å². The van der Waals surface area contributed by atoms with Gasteiger partial charge in [0.05, 0.1) is 17.7 Å². The first kappa shape index (κ1) is 17.1. The Labute approximate surface area is 137 Å². The maximum absolute atomic E-state index is 12.5. The van der Waals surface area contributed by atoms with Gasteiger partial charge in [0, 0.05) is 10.6 Å². The van der Waals surface area contributed by atoms with E-state index in [1.807, 2.05) is 24.3 Å². The summed E-state index contributed by atoms with van der Waals surface area (Å²) >= 11 is 1.67. The number of thioether (sulfide) groups is 1. The van der Waals surface area contributed by atoms with E-state index >= 15 is 0 Å². The third-order valence-corrected chi connectivity index (χ3v) is 4.91. The Kier molecular flexibility index (Phi) is 6.52. The van der Waals surface area contributed by atoms with Gasteiger partial charge >= 0.3 is 0 Å². The molecule has 4 heteroatoms. The topological polar surface area (TPSA) is 49.3 Å². The van der Waals surface area contributed by atoms with E-state index in [1.54, 1.807) is 11.8 Å². The largest absolute Gasteiger partial charge is 0.391 e. The van der Waals surface area contributed by atoms with Gasteiger partial charge in [-0.2, -0.15) is 0 Å². The summed E-state index contributed by atoms with van der Waals surface area (Å²) in [5, 5.41) is 13.0. The molecule has 2 unspecified atom stereocenters.